The first kappa shape index (κ1) is 21.8. The fourth-order valence-corrected chi connectivity index (χ4v) is 2.79. The zero-order valence-corrected chi connectivity index (χ0v) is 17.9. The second kappa shape index (κ2) is 9.59. The highest BCUT2D eigenvalue weighted by atomic mass is 35.5. The van der Waals surface area contributed by atoms with Crippen molar-refractivity contribution < 1.29 is 9.53 Å². The largest absolute Gasteiger partial charge is 0.462 e. The molecule has 2 rings (SSSR count). The Hall–Kier alpha value is -2.54. The maximum Gasteiger partial charge on any atom is 0.340 e. The highest BCUT2D eigenvalue weighted by molar-refractivity contribution is 6.52. The number of hydrogen-bond donors (Lipinski definition) is 0. The van der Waals surface area contributed by atoms with Gasteiger partial charge in [0.25, 0.3) is 0 Å². The molecule has 0 amide bonds. The van der Waals surface area contributed by atoms with Crippen LogP contribution in [0.3, 0.4) is 0 Å². The van der Waals surface area contributed by atoms with E-state index in [0.717, 1.165) is 16.7 Å². The number of carbonyl (C=O) groups excluding carboxylic acids is 1. The molecule has 0 saturated heterocycles. The summed E-state index contributed by atoms with van der Waals surface area (Å²) in [5.41, 5.74) is 6.96. The van der Waals surface area contributed by atoms with Crippen LogP contribution in [0.1, 0.15) is 45.7 Å². The van der Waals surface area contributed by atoms with Crippen molar-refractivity contribution in [1.29, 1.82) is 0 Å². The number of esters is 1. The molecule has 0 atom stereocenters. The molecule has 0 N–H and O–H groups in total. The Labute approximate surface area is 173 Å². The minimum atomic E-state index is -0.454. The van der Waals surface area contributed by atoms with Crippen LogP contribution in [-0.4, -0.2) is 12.6 Å². The van der Waals surface area contributed by atoms with Gasteiger partial charge in [-0.3, -0.25) is 0 Å². The first-order valence-electron chi connectivity index (χ1n) is 9.41. The lowest BCUT2D eigenvalue weighted by molar-refractivity contribution is -0.137. The minimum Gasteiger partial charge on any atom is -0.462 e. The second-order valence-corrected chi connectivity index (χ2v) is 7.89. The average Bonchev–Trinajstić information content (AvgIpc) is 2.68. The van der Waals surface area contributed by atoms with Gasteiger partial charge in [0.1, 0.15) is 0 Å². The van der Waals surface area contributed by atoms with E-state index < -0.39 is 5.97 Å². The van der Waals surface area contributed by atoms with Gasteiger partial charge in [-0.25, -0.2) is 4.79 Å². The van der Waals surface area contributed by atoms with E-state index in [4.69, 9.17) is 16.3 Å². The van der Waals surface area contributed by atoms with Crippen molar-refractivity contribution >= 4 is 28.2 Å². The number of rotatable bonds is 5. The van der Waals surface area contributed by atoms with Gasteiger partial charge in [-0.05, 0) is 36.0 Å². The Kier molecular flexibility index (Phi) is 7.45. The topological polar surface area (TPSA) is 26.3 Å². The summed E-state index contributed by atoms with van der Waals surface area (Å²) in [5, 5.41) is 0.354. The molecule has 0 bridgehead atoms. The van der Waals surface area contributed by atoms with Crippen LogP contribution in [0, 0.1) is 5.41 Å². The van der Waals surface area contributed by atoms with Crippen LogP contribution >= 0.6 is 11.6 Å². The second-order valence-electron chi connectivity index (χ2n) is 7.52. The first-order chi connectivity index (χ1) is 13.3. The average molecular weight is 395 g/mol. The van der Waals surface area contributed by atoms with E-state index in [1.54, 1.807) is 6.92 Å². The van der Waals surface area contributed by atoms with Gasteiger partial charge in [-0.2, -0.15) is 0 Å². The SMILES string of the molecule is CCOC(=O)/C(C(=C=C(C)C(C)(C)C)c1ccccc1)=C(/Cl)c1ccccc1. The molecule has 0 radical (unpaired) electrons. The molecule has 0 aliphatic rings. The number of ether oxygens (including phenoxy) is 1. The van der Waals surface area contributed by atoms with Gasteiger partial charge in [0, 0.05) is 5.57 Å². The predicted octanol–water partition coefficient (Wildman–Crippen LogP) is 6.87. The molecule has 0 aromatic heterocycles. The van der Waals surface area contributed by atoms with Crippen LogP contribution in [0.4, 0.5) is 0 Å². The maximum atomic E-state index is 13.0. The Balaban J connectivity index is 2.88. The quantitative estimate of drug-likeness (QED) is 0.239. The lowest BCUT2D eigenvalue weighted by Crippen LogP contribution is -2.11. The van der Waals surface area contributed by atoms with E-state index >= 15 is 0 Å². The molecule has 146 valence electrons. The van der Waals surface area contributed by atoms with Crippen LogP contribution in [0.15, 0.2) is 77.5 Å². The van der Waals surface area contributed by atoms with Gasteiger partial charge in [0.2, 0.25) is 0 Å². The van der Waals surface area contributed by atoms with Gasteiger partial charge in [0.05, 0.1) is 17.2 Å². The minimum absolute atomic E-state index is 0.0982. The van der Waals surface area contributed by atoms with Gasteiger partial charge in [-0.15, -0.1) is 5.73 Å². The molecular formula is C25H27ClO2. The standard InChI is InChI=1S/C25H27ClO2/c1-6-28-24(27)22(23(26)20-15-11-8-12-16-20)21(17-18(2)25(3,4)5)19-13-9-7-10-14-19/h7-16H,6H2,1-5H3/b23-22+. The Morgan fingerprint density at radius 3 is 1.93 bits per heavy atom. The molecular weight excluding hydrogens is 368 g/mol. The molecule has 0 saturated carbocycles. The van der Waals surface area contributed by atoms with E-state index in [2.05, 4.69) is 26.5 Å². The van der Waals surface area contributed by atoms with Crippen molar-refractivity contribution in [3.63, 3.8) is 0 Å². The number of hydrogen-bond acceptors (Lipinski definition) is 2. The van der Waals surface area contributed by atoms with Gasteiger partial charge in [0.15, 0.2) is 0 Å². The fourth-order valence-electron chi connectivity index (χ4n) is 2.49. The molecule has 28 heavy (non-hydrogen) atoms. The number of halogens is 1. The zero-order valence-electron chi connectivity index (χ0n) is 17.2. The third-order valence-corrected chi connectivity index (χ3v) is 4.88. The van der Waals surface area contributed by atoms with E-state index in [0.29, 0.717) is 16.2 Å². The van der Waals surface area contributed by atoms with Gasteiger partial charge < -0.3 is 4.74 Å². The van der Waals surface area contributed by atoms with Gasteiger partial charge in [-0.1, -0.05) is 93.0 Å². The van der Waals surface area contributed by atoms with Crippen LogP contribution in [0.2, 0.25) is 0 Å². The molecule has 0 unspecified atom stereocenters. The summed E-state index contributed by atoms with van der Waals surface area (Å²) in [5.74, 6) is -0.454. The predicted molar refractivity (Wildman–Crippen MR) is 118 cm³/mol. The molecule has 2 aromatic carbocycles. The van der Waals surface area contributed by atoms with Crippen molar-refractivity contribution in [3.8, 4) is 0 Å². The summed E-state index contributed by atoms with van der Waals surface area (Å²) in [6, 6.07) is 19.2. The normalized spacial score (nSPS) is 11.9. The van der Waals surface area contributed by atoms with Crippen LogP contribution in [0.5, 0.6) is 0 Å². The van der Waals surface area contributed by atoms with Crippen LogP contribution in [-0.2, 0) is 9.53 Å². The van der Waals surface area contributed by atoms with Crippen molar-refractivity contribution in [2.45, 2.75) is 34.6 Å². The highest BCUT2D eigenvalue weighted by Crippen LogP contribution is 2.35. The molecule has 0 aliphatic carbocycles. The van der Waals surface area contributed by atoms with E-state index in [9.17, 15) is 4.79 Å². The Bertz CT molecular complexity index is 910. The number of benzene rings is 2. The lowest BCUT2D eigenvalue weighted by atomic mass is 9.86. The summed E-state index contributed by atoms with van der Waals surface area (Å²) in [4.78, 5) is 13.0. The maximum absolute atomic E-state index is 13.0. The Morgan fingerprint density at radius 1 is 0.964 bits per heavy atom. The smallest absolute Gasteiger partial charge is 0.340 e. The third kappa shape index (κ3) is 5.48. The molecule has 2 aromatic rings. The molecule has 0 spiro atoms. The Morgan fingerprint density at radius 2 is 1.46 bits per heavy atom. The molecule has 3 heteroatoms. The summed E-state index contributed by atoms with van der Waals surface area (Å²) in [7, 11) is 0. The molecule has 0 heterocycles. The molecule has 2 nitrogen and oxygen atoms in total. The van der Waals surface area contributed by atoms with Crippen LogP contribution in [0.25, 0.3) is 10.6 Å². The monoisotopic (exact) mass is 394 g/mol. The van der Waals surface area contributed by atoms with E-state index in [1.807, 2.05) is 67.6 Å². The summed E-state index contributed by atoms with van der Waals surface area (Å²) < 4.78 is 5.36. The van der Waals surface area contributed by atoms with Crippen molar-refractivity contribution in [2.75, 3.05) is 6.61 Å². The summed E-state index contributed by atoms with van der Waals surface area (Å²) in [6.45, 7) is 10.4. The summed E-state index contributed by atoms with van der Waals surface area (Å²) in [6.07, 6.45) is 0. The summed E-state index contributed by atoms with van der Waals surface area (Å²) >= 11 is 6.75. The lowest BCUT2D eigenvalue weighted by Gasteiger charge is -2.19. The fraction of sp³-hybridized carbons (Fsp3) is 0.280. The molecule has 0 fully saturated rings. The first-order valence-corrected chi connectivity index (χ1v) is 9.79. The van der Waals surface area contributed by atoms with E-state index in [-0.39, 0.29) is 12.0 Å². The third-order valence-electron chi connectivity index (χ3n) is 4.48. The van der Waals surface area contributed by atoms with Crippen molar-refractivity contribution in [3.05, 3.63) is 88.7 Å². The zero-order chi connectivity index (χ0) is 20.7. The van der Waals surface area contributed by atoms with Crippen LogP contribution < -0.4 is 0 Å². The van der Waals surface area contributed by atoms with Crippen molar-refractivity contribution in [2.24, 2.45) is 5.41 Å². The highest BCUT2D eigenvalue weighted by Gasteiger charge is 2.23. The van der Waals surface area contributed by atoms with Gasteiger partial charge >= 0.3 is 5.97 Å². The van der Waals surface area contributed by atoms with Crippen molar-refractivity contribution in [1.82, 2.24) is 0 Å². The molecule has 0 aliphatic heterocycles. The number of carbonyl (C=O) groups is 1. The van der Waals surface area contributed by atoms with E-state index in [1.165, 1.54) is 0 Å².